The molecule has 0 amide bonds. The fourth-order valence-corrected chi connectivity index (χ4v) is 2.33. The molecular formula is C17H19F2N. The van der Waals surface area contributed by atoms with E-state index < -0.39 is 0 Å². The van der Waals surface area contributed by atoms with Crippen LogP contribution in [0, 0.1) is 11.6 Å². The van der Waals surface area contributed by atoms with Gasteiger partial charge in [-0.3, -0.25) is 0 Å². The highest BCUT2D eigenvalue weighted by Gasteiger charge is 2.16. The van der Waals surface area contributed by atoms with Crippen molar-refractivity contribution in [3.63, 3.8) is 0 Å². The van der Waals surface area contributed by atoms with Crippen LogP contribution in [0.5, 0.6) is 0 Å². The third-order valence-corrected chi connectivity index (χ3v) is 3.51. The van der Waals surface area contributed by atoms with E-state index in [-0.39, 0.29) is 23.7 Å². The molecule has 2 aromatic carbocycles. The highest BCUT2D eigenvalue weighted by atomic mass is 19.1. The van der Waals surface area contributed by atoms with Crippen LogP contribution in [0.2, 0.25) is 0 Å². The molecule has 0 saturated carbocycles. The maximum absolute atomic E-state index is 13.8. The molecule has 0 spiro atoms. The summed E-state index contributed by atoms with van der Waals surface area (Å²) in [5, 5.41) is 3.40. The Morgan fingerprint density at radius 2 is 1.65 bits per heavy atom. The van der Waals surface area contributed by atoms with E-state index in [4.69, 9.17) is 0 Å². The van der Waals surface area contributed by atoms with Crippen LogP contribution in [0.3, 0.4) is 0 Å². The highest BCUT2D eigenvalue weighted by Crippen LogP contribution is 2.24. The van der Waals surface area contributed by atoms with Crippen molar-refractivity contribution in [3.05, 3.63) is 71.3 Å². The van der Waals surface area contributed by atoms with Gasteiger partial charge in [-0.25, -0.2) is 8.78 Å². The Labute approximate surface area is 118 Å². The average Bonchev–Trinajstić information content (AvgIpc) is 2.46. The second-order valence-electron chi connectivity index (χ2n) is 4.92. The first-order valence-corrected chi connectivity index (χ1v) is 6.87. The molecule has 0 saturated heterocycles. The summed E-state index contributed by atoms with van der Waals surface area (Å²) < 4.78 is 26.8. The third kappa shape index (κ3) is 3.42. The lowest BCUT2D eigenvalue weighted by atomic mass is 10.0. The first-order chi connectivity index (χ1) is 9.61. The topological polar surface area (TPSA) is 12.0 Å². The zero-order chi connectivity index (χ0) is 14.5. The fraction of sp³-hybridized carbons (Fsp3) is 0.294. The summed E-state index contributed by atoms with van der Waals surface area (Å²) in [7, 11) is 0. The van der Waals surface area contributed by atoms with Gasteiger partial charge in [0.25, 0.3) is 0 Å². The molecule has 0 aliphatic heterocycles. The zero-order valence-corrected chi connectivity index (χ0v) is 11.7. The molecule has 2 rings (SSSR count). The van der Waals surface area contributed by atoms with E-state index >= 15 is 0 Å². The maximum Gasteiger partial charge on any atom is 0.127 e. The van der Waals surface area contributed by atoms with E-state index in [0.717, 1.165) is 12.0 Å². The quantitative estimate of drug-likeness (QED) is 0.829. The van der Waals surface area contributed by atoms with Crippen molar-refractivity contribution in [2.24, 2.45) is 0 Å². The summed E-state index contributed by atoms with van der Waals surface area (Å²) in [6, 6.07) is 13.2. The van der Waals surface area contributed by atoms with Gasteiger partial charge in [-0.05, 0) is 37.1 Å². The van der Waals surface area contributed by atoms with Gasteiger partial charge in [0.2, 0.25) is 0 Å². The van der Waals surface area contributed by atoms with Crippen LogP contribution in [-0.4, -0.2) is 0 Å². The third-order valence-electron chi connectivity index (χ3n) is 3.51. The Kier molecular flexibility index (Phi) is 4.85. The van der Waals surface area contributed by atoms with Gasteiger partial charge in [-0.15, -0.1) is 0 Å². The average molecular weight is 275 g/mol. The fourth-order valence-electron chi connectivity index (χ4n) is 2.33. The van der Waals surface area contributed by atoms with Crippen molar-refractivity contribution >= 4 is 0 Å². The summed E-state index contributed by atoms with van der Waals surface area (Å²) in [6.07, 6.45) is 0.784. The number of hydrogen-bond donors (Lipinski definition) is 1. The molecule has 0 aromatic heterocycles. The lowest BCUT2D eigenvalue weighted by Gasteiger charge is -2.23. The van der Waals surface area contributed by atoms with E-state index in [1.54, 1.807) is 24.3 Å². The molecule has 2 aromatic rings. The normalized spacial score (nSPS) is 14.0. The van der Waals surface area contributed by atoms with Gasteiger partial charge in [0, 0.05) is 17.6 Å². The number of nitrogens with one attached hydrogen (secondary N) is 1. The molecule has 1 nitrogen and oxygen atoms in total. The molecule has 3 heteroatoms. The summed E-state index contributed by atoms with van der Waals surface area (Å²) in [5.41, 5.74) is 1.66. The molecule has 1 N–H and O–H groups in total. The lowest BCUT2D eigenvalue weighted by molar-refractivity contribution is 0.439. The summed E-state index contributed by atoms with van der Waals surface area (Å²) in [4.78, 5) is 0. The Morgan fingerprint density at radius 1 is 1.00 bits per heavy atom. The molecule has 1 unspecified atom stereocenters. The standard InChI is InChI=1S/C17H19F2N/c1-3-17(15-6-4-5-7-16(15)19)20-12(2)13-8-10-14(18)11-9-13/h4-12,17,20H,3H2,1-2H3/t12-,17?/m0/s1. The van der Waals surface area contributed by atoms with Crippen molar-refractivity contribution < 1.29 is 8.78 Å². The molecule has 106 valence electrons. The molecule has 0 aliphatic rings. The largest absolute Gasteiger partial charge is 0.303 e. The molecule has 0 fully saturated rings. The van der Waals surface area contributed by atoms with Crippen molar-refractivity contribution in [2.45, 2.75) is 32.4 Å². The summed E-state index contributed by atoms with van der Waals surface area (Å²) in [5.74, 6) is -0.444. The number of rotatable bonds is 5. The van der Waals surface area contributed by atoms with Crippen LogP contribution in [0.4, 0.5) is 8.78 Å². The zero-order valence-electron chi connectivity index (χ0n) is 11.7. The number of halogens is 2. The molecule has 0 aliphatic carbocycles. The predicted octanol–water partition coefficient (Wildman–Crippen LogP) is 4.77. The highest BCUT2D eigenvalue weighted by molar-refractivity contribution is 5.23. The Balaban J connectivity index is 2.14. The summed E-state index contributed by atoms with van der Waals surface area (Å²) >= 11 is 0. The molecule has 0 heterocycles. The maximum atomic E-state index is 13.8. The molecule has 0 bridgehead atoms. The number of hydrogen-bond acceptors (Lipinski definition) is 1. The van der Waals surface area contributed by atoms with Gasteiger partial charge in [0.05, 0.1) is 0 Å². The monoisotopic (exact) mass is 275 g/mol. The van der Waals surface area contributed by atoms with Gasteiger partial charge in [0.15, 0.2) is 0 Å². The van der Waals surface area contributed by atoms with Gasteiger partial charge in [-0.2, -0.15) is 0 Å². The lowest BCUT2D eigenvalue weighted by Crippen LogP contribution is -2.25. The second-order valence-corrected chi connectivity index (χ2v) is 4.92. The van der Waals surface area contributed by atoms with Crippen LogP contribution < -0.4 is 5.32 Å². The minimum atomic E-state index is -0.248. The van der Waals surface area contributed by atoms with Crippen LogP contribution in [0.1, 0.15) is 43.5 Å². The summed E-state index contributed by atoms with van der Waals surface area (Å²) in [6.45, 7) is 4.01. The van der Waals surface area contributed by atoms with E-state index in [0.29, 0.717) is 5.56 Å². The van der Waals surface area contributed by atoms with E-state index in [9.17, 15) is 8.78 Å². The van der Waals surface area contributed by atoms with E-state index in [1.807, 2.05) is 19.9 Å². The van der Waals surface area contributed by atoms with E-state index in [2.05, 4.69) is 5.32 Å². The first-order valence-electron chi connectivity index (χ1n) is 6.87. The molecule has 20 heavy (non-hydrogen) atoms. The predicted molar refractivity (Wildman–Crippen MR) is 77.4 cm³/mol. The van der Waals surface area contributed by atoms with Crippen molar-refractivity contribution in [1.29, 1.82) is 0 Å². The van der Waals surface area contributed by atoms with Gasteiger partial charge >= 0.3 is 0 Å². The van der Waals surface area contributed by atoms with E-state index in [1.165, 1.54) is 18.2 Å². The van der Waals surface area contributed by atoms with Crippen molar-refractivity contribution in [1.82, 2.24) is 5.32 Å². The number of benzene rings is 2. The minimum Gasteiger partial charge on any atom is -0.303 e. The molecular weight excluding hydrogens is 256 g/mol. The Bertz CT molecular complexity index is 551. The van der Waals surface area contributed by atoms with Crippen LogP contribution in [0.15, 0.2) is 48.5 Å². The van der Waals surface area contributed by atoms with Gasteiger partial charge in [-0.1, -0.05) is 37.3 Å². The minimum absolute atomic E-state index is 0.0279. The van der Waals surface area contributed by atoms with Crippen molar-refractivity contribution in [3.8, 4) is 0 Å². The van der Waals surface area contributed by atoms with Crippen LogP contribution in [0.25, 0.3) is 0 Å². The van der Waals surface area contributed by atoms with Crippen molar-refractivity contribution in [2.75, 3.05) is 0 Å². The first kappa shape index (κ1) is 14.7. The SMILES string of the molecule is CCC(N[C@@H](C)c1ccc(F)cc1)c1ccccc1F. The van der Waals surface area contributed by atoms with Gasteiger partial charge < -0.3 is 5.32 Å². The molecule has 2 atom stereocenters. The second kappa shape index (κ2) is 6.62. The molecule has 0 radical (unpaired) electrons. The Morgan fingerprint density at radius 3 is 2.25 bits per heavy atom. The van der Waals surface area contributed by atoms with Gasteiger partial charge in [0.1, 0.15) is 11.6 Å². The Hall–Kier alpha value is -1.74. The van der Waals surface area contributed by atoms with Crippen LogP contribution in [-0.2, 0) is 0 Å². The smallest absolute Gasteiger partial charge is 0.127 e. The van der Waals surface area contributed by atoms with Crippen LogP contribution >= 0.6 is 0 Å².